The minimum atomic E-state index is 0.793. The van der Waals surface area contributed by atoms with Crippen molar-refractivity contribution in [1.82, 2.24) is 10.2 Å². The van der Waals surface area contributed by atoms with Gasteiger partial charge in [0.25, 0.3) is 0 Å². The minimum absolute atomic E-state index is 0.793. The zero-order valence-electron chi connectivity index (χ0n) is 18.8. The molecule has 1 N–H and O–H groups in total. The lowest BCUT2D eigenvalue weighted by Crippen LogP contribution is -2.43. The molecule has 3 rings (SSSR count). The average Bonchev–Trinajstić information content (AvgIpc) is 2.79. The molecule has 0 spiro atoms. The number of ether oxygens (including phenoxy) is 1. The van der Waals surface area contributed by atoms with Gasteiger partial charge in [0.2, 0.25) is 0 Å². The summed E-state index contributed by atoms with van der Waals surface area (Å²) in [6, 6.07) is 18.5. The number of hydrogen-bond acceptors (Lipinski definition) is 5. The lowest BCUT2D eigenvalue weighted by Gasteiger charge is -2.29. The van der Waals surface area contributed by atoms with Gasteiger partial charge in [0.15, 0.2) is 0 Å². The van der Waals surface area contributed by atoms with Crippen molar-refractivity contribution in [2.75, 3.05) is 57.8 Å². The highest BCUT2D eigenvalue weighted by Gasteiger charge is 2.09. The van der Waals surface area contributed by atoms with Gasteiger partial charge in [-0.25, -0.2) is 0 Å². The van der Waals surface area contributed by atoms with Gasteiger partial charge >= 0.3 is 0 Å². The monoisotopic (exact) mass is 427 g/mol. The van der Waals surface area contributed by atoms with E-state index in [4.69, 9.17) is 17.0 Å². The summed E-state index contributed by atoms with van der Waals surface area (Å²) < 4.78 is 5.82. The van der Waals surface area contributed by atoms with Gasteiger partial charge in [0.05, 0.1) is 6.61 Å². The molecule has 164 valence electrons. The average molecular weight is 428 g/mol. The third-order valence-electron chi connectivity index (χ3n) is 5.06. The second-order valence-corrected chi connectivity index (χ2v) is 8.27. The summed E-state index contributed by atoms with van der Waals surface area (Å²) in [5, 5.41) is 3.38. The predicted octanol–water partition coefficient (Wildman–Crippen LogP) is 4.63. The first kappa shape index (κ1) is 24.3. The zero-order chi connectivity index (χ0) is 21.6. The number of thiocarbonyl (C=S) groups is 1. The Labute approximate surface area is 188 Å². The van der Waals surface area contributed by atoms with Gasteiger partial charge in [0, 0.05) is 43.3 Å². The molecule has 1 aliphatic heterocycles. The Morgan fingerprint density at radius 1 is 1.03 bits per heavy atom. The fourth-order valence-electron chi connectivity index (χ4n) is 3.37. The maximum absolute atomic E-state index is 5.82. The number of nitrogens with zero attached hydrogens (tertiary/aromatic N) is 2. The number of piperazine rings is 1. The first-order valence-corrected chi connectivity index (χ1v) is 11.4. The highest BCUT2D eigenvalue weighted by atomic mass is 32.1. The van der Waals surface area contributed by atoms with Crippen molar-refractivity contribution in [3.8, 4) is 5.75 Å². The maximum Gasteiger partial charge on any atom is 0.119 e. The molecule has 0 unspecified atom stereocenters. The van der Waals surface area contributed by atoms with Crippen molar-refractivity contribution < 1.29 is 4.74 Å². The smallest absolute Gasteiger partial charge is 0.119 e. The Morgan fingerprint density at radius 3 is 2.27 bits per heavy atom. The topological polar surface area (TPSA) is 27.7 Å². The van der Waals surface area contributed by atoms with E-state index in [-0.39, 0.29) is 0 Å². The van der Waals surface area contributed by atoms with E-state index in [2.05, 4.69) is 53.4 Å². The normalized spacial score (nSPS) is 13.5. The van der Waals surface area contributed by atoms with Crippen LogP contribution in [0.1, 0.15) is 32.3 Å². The standard InChI is InChI=1S/C17H29N3O.C8H8S/c1-3-11-19(2)12-4-15-21-17-7-5-16(6-8-17)20-13-9-18-10-14-20;1-7(9)8-5-3-2-4-6-8/h5-8,18H,3-4,9-15H2,1-2H3;2-6H,1H3. The second-order valence-electron chi connectivity index (χ2n) is 7.66. The largest absolute Gasteiger partial charge is 0.494 e. The third-order valence-corrected chi connectivity index (χ3v) is 5.29. The van der Waals surface area contributed by atoms with Gasteiger partial charge < -0.3 is 19.9 Å². The SMILES string of the molecule is CC(=S)c1ccccc1.CCCN(C)CCCOc1ccc(N2CCNCC2)cc1. The number of nitrogens with one attached hydrogen (secondary N) is 1. The van der Waals surface area contributed by atoms with Crippen LogP contribution < -0.4 is 15.0 Å². The van der Waals surface area contributed by atoms with Crippen molar-refractivity contribution in [1.29, 1.82) is 0 Å². The molecule has 0 saturated carbocycles. The first-order valence-electron chi connectivity index (χ1n) is 11.0. The van der Waals surface area contributed by atoms with Gasteiger partial charge in [-0.3, -0.25) is 0 Å². The van der Waals surface area contributed by atoms with E-state index in [1.54, 1.807) is 0 Å². The summed E-state index contributed by atoms with van der Waals surface area (Å²) in [5.41, 5.74) is 2.44. The van der Waals surface area contributed by atoms with Crippen molar-refractivity contribution >= 4 is 22.8 Å². The molecule has 1 fully saturated rings. The Balaban J connectivity index is 0.000000297. The van der Waals surface area contributed by atoms with Gasteiger partial charge in [-0.2, -0.15) is 0 Å². The summed E-state index contributed by atoms with van der Waals surface area (Å²) in [4.78, 5) is 5.73. The predicted molar refractivity (Wildman–Crippen MR) is 133 cm³/mol. The molecule has 5 heteroatoms. The molecule has 0 atom stereocenters. The van der Waals surface area contributed by atoms with Crippen LogP contribution in [0.2, 0.25) is 0 Å². The Hall–Kier alpha value is -1.95. The molecule has 1 saturated heterocycles. The number of benzene rings is 2. The summed E-state index contributed by atoms with van der Waals surface area (Å²) in [6.45, 7) is 11.5. The van der Waals surface area contributed by atoms with Crippen LogP contribution in [0.15, 0.2) is 54.6 Å². The van der Waals surface area contributed by atoms with E-state index in [0.717, 1.165) is 61.9 Å². The highest BCUT2D eigenvalue weighted by Crippen LogP contribution is 2.19. The first-order chi connectivity index (χ1) is 14.6. The molecule has 4 nitrogen and oxygen atoms in total. The van der Waals surface area contributed by atoms with Crippen molar-refractivity contribution in [2.45, 2.75) is 26.7 Å². The highest BCUT2D eigenvalue weighted by molar-refractivity contribution is 7.80. The van der Waals surface area contributed by atoms with Crippen molar-refractivity contribution in [3.05, 3.63) is 60.2 Å². The molecule has 2 aromatic carbocycles. The summed E-state index contributed by atoms with van der Waals surface area (Å²) >= 11 is 4.96. The quantitative estimate of drug-likeness (QED) is 0.358. The van der Waals surface area contributed by atoms with Crippen molar-refractivity contribution in [3.63, 3.8) is 0 Å². The van der Waals surface area contributed by atoms with Gasteiger partial charge in [-0.1, -0.05) is 49.5 Å². The zero-order valence-corrected chi connectivity index (χ0v) is 19.6. The van der Waals surface area contributed by atoms with E-state index in [1.165, 1.54) is 18.7 Å². The van der Waals surface area contributed by atoms with Crippen LogP contribution in [0.5, 0.6) is 5.75 Å². The minimum Gasteiger partial charge on any atom is -0.494 e. The number of rotatable bonds is 9. The van der Waals surface area contributed by atoms with Crippen LogP contribution in [-0.4, -0.2) is 62.7 Å². The number of anilines is 1. The Bertz CT molecular complexity index is 715. The number of hydrogen-bond donors (Lipinski definition) is 1. The molecule has 0 aromatic heterocycles. The summed E-state index contributed by atoms with van der Waals surface area (Å²) in [7, 11) is 2.17. The molecule has 0 bridgehead atoms. The van der Waals surface area contributed by atoms with Crippen LogP contribution in [0.25, 0.3) is 0 Å². The molecular weight excluding hydrogens is 390 g/mol. The molecule has 1 heterocycles. The van der Waals surface area contributed by atoms with Gasteiger partial charge in [-0.15, -0.1) is 0 Å². The van der Waals surface area contributed by atoms with Crippen LogP contribution in [0, 0.1) is 0 Å². The molecule has 2 aromatic rings. The summed E-state index contributed by atoms with van der Waals surface area (Å²) in [6.07, 6.45) is 2.29. The van der Waals surface area contributed by atoms with E-state index in [0.29, 0.717) is 0 Å². The Kier molecular flexibility index (Phi) is 11.5. The molecule has 0 amide bonds. The molecule has 0 radical (unpaired) electrons. The molecule has 0 aliphatic carbocycles. The lowest BCUT2D eigenvalue weighted by atomic mass is 10.2. The third kappa shape index (κ3) is 9.24. The van der Waals surface area contributed by atoms with Crippen LogP contribution in [-0.2, 0) is 0 Å². The fraction of sp³-hybridized carbons (Fsp3) is 0.480. The molecule has 30 heavy (non-hydrogen) atoms. The maximum atomic E-state index is 5.82. The van der Waals surface area contributed by atoms with Gasteiger partial charge in [0.1, 0.15) is 5.75 Å². The van der Waals surface area contributed by atoms with Crippen LogP contribution in [0.4, 0.5) is 5.69 Å². The van der Waals surface area contributed by atoms with E-state index < -0.39 is 0 Å². The van der Waals surface area contributed by atoms with Crippen molar-refractivity contribution in [2.24, 2.45) is 0 Å². The second kappa shape index (κ2) is 14.1. The molecule has 1 aliphatic rings. The van der Waals surface area contributed by atoms with Gasteiger partial charge in [-0.05, 0) is 63.2 Å². The van der Waals surface area contributed by atoms with Crippen LogP contribution >= 0.6 is 12.2 Å². The van der Waals surface area contributed by atoms with E-state index >= 15 is 0 Å². The Morgan fingerprint density at radius 2 is 1.70 bits per heavy atom. The van der Waals surface area contributed by atoms with E-state index in [9.17, 15) is 0 Å². The molecular formula is C25H37N3OS. The van der Waals surface area contributed by atoms with E-state index in [1.807, 2.05) is 37.3 Å². The fourth-order valence-corrected chi connectivity index (χ4v) is 3.50. The lowest BCUT2D eigenvalue weighted by molar-refractivity contribution is 0.263. The summed E-state index contributed by atoms with van der Waals surface area (Å²) in [5.74, 6) is 0.979. The van der Waals surface area contributed by atoms with Crippen LogP contribution in [0.3, 0.4) is 0 Å².